The van der Waals surface area contributed by atoms with Crippen LogP contribution in [-0.4, -0.2) is 20.2 Å². The summed E-state index contributed by atoms with van der Waals surface area (Å²) in [6.07, 6.45) is 0. The van der Waals surface area contributed by atoms with Crippen LogP contribution >= 0.6 is 0 Å². The van der Waals surface area contributed by atoms with E-state index in [0.717, 1.165) is 0 Å². The predicted octanol–water partition coefficient (Wildman–Crippen LogP) is 1.15. The van der Waals surface area contributed by atoms with Crippen LogP contribution < -0.4 is 10.5 Å². The molecule has 1 rings (SSSR count). The molecule has 0 saturated heterocycles. The number of anilines is 1. The summed E-state index contributed by atoms with van der Waals surface area (Å²) < 4.78 is 26.0. The van der Waals surface area contributed by atoms with Gasteiger partial charge in [0.05, 0.1) is 17.5 Å². The van der Waals surface area contributed by atoms with Crippen LogP contribution in [0.15, 0.2) is 24.3 Å². The number of rotatable bonds is 3. The van der Waals surface area contributed by atoms with E-state index in [9.17, 15) is 8.42 Å². The van der Waals surface area contributed by atoms with Gasteiger partial charge in [0, 0.05) is 5.56 Å². The Balaban J connectivity index is 3.07. The zero-order valence-electron chi connectivity index (χ0n) is 9.90. The molecule has 0 fully saturated rings. The van der Waals surface area contributed by atoms with Gasteiger partial charge in [0.25, 0.3) is 0 Å². The van der Waals surface area contributed by atoms with E-state index in [-0.39, 0.29) is 6.54 Å². The zero-order chi connectivity index (χ0) is 12.9. The van der Waals surface area contributed by atoms with Gasteiger partial charge in [-0.1, -0.05) is 24.0 Å². The molecule has 0 aliphatic carbocycles. The molecule has 3 N–H and O–H groups in total. The highest BCUT2D eigenvalue weighted by molar-refractivity contribution is 7.93. The Morgan fingerprint density at radius 3 is 2.59 bits per heavy atom. The van der Waals surface area contributed by atoms with Crippen molar-refractivity contribution in [3.8, 4) is 11.8 Å². The van der Waals surface area contributed by atoms with Crippen LogP contribution in [0.5, 0.6) is 0 Å². The van der Waals surface area contributed by atoms with Gasteiger partial charge >= 0.3 is 0 Å². The van der Waals surface area contributed by atoms with Gasteiger partial charge in [-0.3, -0.25) is 4.72 Å². The number of hydrogen-bond acceptors (Lipinski definition) is 3. The summed E-state index contributed by atoms with van der Waals surface area (Å²) in [6, 6.07) is 6.99. The maximum absolute atomic E-state index is 11.7. The van der Waals surface area contributed by atoms with Gasteiger partial charge in [0.1, 0.15) is 0 Å². The van der Waals surface area contributed by atoms with Crippen LogP contribution in [0.4, 0.5) is 5.69 Å². The van der Waals surface area contributed by atoms with Crippen LogP contribution in [0.3, 0.4) is 0 Å². The standard InChI is InChI=1S/C12H16N2O2S/c1-10(2)17(15,16)14-12-8-4-3-6-11(12)7-5-9-13/h3-4,6,8,10,14H,9,13H2,1-2H3. The quantitative estimate of drug-likeness (QED) is 0.793. The van der Waals surface area contributed by atoms with Crippen LogP contribution in [-0.2, 0) is 10.0 Å². The number of sulfonamides is 1. The van der Waals surface area contributed by atoms with Crippen LogP contribution in [0, 0.1) is 11.8 Å². The maximum atomic E-state index is 11.7. The summed E-state index contributed by atoms with van der Waals surface area (Å²) in [5.74, 6) is 5.54. The first-order valence-corrected chi connectivity index (χ1v) is 6.81. The molecule has 0 atom stereocenters. The normalized spacial score (nSPS) is 10.8. The minimum absolute atomic E-state index is 0.241. The predicted molar refractivity (Wildman–Crippen MR) is 70.1 cm³/mol. The van der Waals surface area contributed by atoms with Crippen molar-refractivity contribution in [1.82, 2.24) is 0 Å². The fourth-order valence-electron chi connectivity index (χ4n) is 1.10. The third-order valence-corrected chi connectivity index (χ3v) is 3.87. The molecular weight excluding hydrogens is 236 g/mol. The highest BCUT2D eigenvalue weighted by Gasteiger charge is 2.16. The fourth-order valence-corrected chi connectivity index (χ4v) is 1.82. The molecule has 92 valence electrons. The number of hydrogen-bond donors (Lipinski definition) is 2. The molecule has 0 aliphatic heterocycles. The minimum atomic E-state index is -3.35. The summed E-state index contributed by atoms with van der Waals surface area (Å²) in [4.78, 5) is 0. The first-order chi connectivity index (χ1) is 7.97. The Labute approximate surface area is 102 Å². The number of nitrogens with one attached hydrogen (secondary N) is 1. The van der Waals surface area contributed by atoms with Crippen molar-refractivity contribution in [2.24, 2.45) is 5.73 Å². The summed E-state index contributed by atoms with van der Waals surface area (Å²) in [6.45, 7) is 3.48. The summed E-state index contributed by atoms with van der Waals surface area (Å²) >= 11 is 0. The molecule has 1 aromatic rings. The minimum Gasteiger partial charge on any atom is -0.320 e. The third kappa shape index (κ3) is 3.77. The number of nitrogens with two attached hydrogens (primary N) is 1. The monoisotopic (exact) mass is 252 g/mol. The molecular formula is C12H16N2O2S. The third-order valence-electron chi connectivity index (χ3n) is 2.13. The second-order valence-electron chi connectivity index (χ2n) is 3.75. The first-order valence-electron chi connectivity index (χ1n) is 5.27. The van der Waals surface area contributed by atoms with Gasteiger partial charge in [0.15, 0.2) is 0 Å². The molecule has 0 spiro atoms. The molecule has 4 nitrogen and oxygen atoms in total. The van der Waals surface area contributed by atoms with Crippen molar-refractivity contribution >= 4 is 15.7 Å². The topological polar surface area (TPSA) is 72.2 Å². The van der Waals surface area contributed by atoms with E-state index < -0.39 is 15.3 Å². The highest BCUT2D eigenvalue weighted by Crippen LogP contribution is 2.16. The van der Waals surface area contributed by atoms with Crippen molar-refractivity contribution in [2.45, 2.75) is 19.1 Å². The molecule has 0 amide bonds. The number of para-hydroxylation sites is 1. The Hall–Kier alpha value is -1.51. The number of benzene rings is 1. The van der Waals surface area contributed by atoms with E-state index in [2.05, 4.69) is 16.6 Å². The average molecular weight is 252 g/mol. The second-order valence-corrected chi connectivity index (χ2v) is 5.98. The summed E-state index contributed by atoms with van der Waals surface area (Å²) in [5.41, 5.74) is 6.40. The smallest absolute Gasteiger partial charge is 0.235 e. The summed E-state index contributed by atoms with van der Waals surface area (Å²) in [5, 5.41) is -0.488. The molecule has 0 heterocycles. The van der Waals surface area contributed by atoms with Crippen LogP contribution in [0.2, 0.25) is 0 Å². The van der Waals surface area contributed by atoms with Gasteiger partial charge in [-0.15, -0.1) is 0 Å². The molecule has 0 bridgehead atoms. The van der Waals surface area contributed by atoms with Gasteiger partial charge in [0.2, 0.25) is 10.0 Å². The highest BCUT2D eigenvalue weighted by atomic mass is 32.2. The lowest BCUT2D eigenvalue weighted by Gasteiger charge is -2.11. The Bertz CT molecular complexity index is 539. The van der Waals surface area contributed by atoms with Crippen LogP contribution in [0.25, 0.3) is 0 Å². The van der Waals surface area contributed by atoms with E-state index in [0.29, 0.717) is 11.3 Å². The van der Waals surface area contributed by atoms with Gasteiger partial charge in [-0.05, 0) is 26.0 Å². The first kappa shape index (κ1) is 13.6. The molecule has 0 aliphatic rings. The van der Waals surface area contributed by atoms with Crippen molar-refractivity contribution in [2.75, 3.05) is 11.3 Å². The van der Waals surface area contributed by atoms with Gasteiger partial charge in [-0.25, -0.2) is 8.42 Å². The lowest BCUT2D eigenvalue weighted by Crippen LogP contribution is -2.22. The van der Waals surface area contributed by atoms with E-state index in [1.807, 2.05) is 0 Å². The van der Waals surface area contributed by atoms with Crippen molar-refractivity contribution in [3.63, 3.8) is 0 Å². The summed E-state index contributed by atoms with van der Waals surface area (Å²) in [7, 11) is -3.35. The average Bonchev–Trinajstić information content (AvgIpc) is 2.27. The Morgan fingerprint density at radius 2 is 2.00 bits per heavy atom. The van der Waals surface area contributed by atoms with Crippen molar-refractivity contribution in [3.05, 3.63) is 29.8 Å². The van der Waals surface area contributed by atoms with E-state index in [1.165, 1.54) is 0 Å². The van der Waals surface area contributed by atoms with Crippen molar-refractivity contribution < 1.29 is 8.42 Å². The SMILES string of the molecule is CC(C)S(=O)(=O)Nc1ccccc1C#CCN. The van der Waals surface area contributed by atoms with Gasteiger partial charge in [-0.2, -0.15) is 0 Å². The lowest BCUT2D eigenvalue weighted by molar-refractivity contribution is 0.593. The second kappa shape index (κ2) is 5.71. The molecule has 0 radical (unpaired) electrons. The van der Waals surface area contributed by atoms with Crippen molar-refractivity contribution in [1.29, 1.82) is 0 Å². The van der Waals surface area contributed by atoms with Crippen LogP contribution in [0.1, 0.15) is 19.4 Å². The molecule has 0 aromatic heterocycles. The lowest BCUT2D eigenvalue weighted by atomic mass is 10.2. The molecule has 17 heavy (non-hydrogen) atoms. The van der Waals surface area contributed by atoms with E-state index in [1.54, 1.807) is 38.1 Å². The van der Waals surface area contributed by atoms with E-state index >= 15 is 0 Å². The maximum Gasteiger partial charge on any atom is 0.235 e. The largest absolute Gasteiger partial charge is 0.320 e. The Morgan fingerprint density at radius 1 is 1.35 bits per heavy atom. The Kier molecular flexibility index (Phi) is 4.55. The zero-order valence-corrected chi connectivity index (χ0v) is 10.7. The molecule has 0 unspecified atom stereocenters. The molecule has 5 heteroatoms. The van der Waals surface area contributed by atoms with Gasteiger partial charge < -0.3 is 5.73 Å². The molecule has 1 aromatic carbocycles. The van der Waals surface area contributed by atoms with E-state index in [4.69, 9.17) is 5.73 Å². The fraction of sp³-hybridized carbons (Fsp3) is 0.333. The molecule has 0 saturated carbocycles.